The van der Waals surface area contributed by atoms with Gasteiger partial charge in [-0.15, -0.1) is 0 Å². The molecule has 0 aliphatic rings. The second kappa shape index (κ2) is 5.36. The van der Waals surface area contributed by atoms with Crippen molar-refractivity contribution in [1.82, 2.24) is 0 Å². The van der Waals surface area contributed by atoms with Crippen molar-refractivity contribution in [2.45, 2.75) is 32.7 Å². The SMILES string of the molecule is Cc1cc(C)cc(CC(C)(N)c2ccc(Cl)cc2)c1. The third kappa shape index (κ3) is 3.59. The zero-order valence-corrected chi connectivity index (χ0v) is 12.5. The molecule has 0 radical (unpaired) electrons. The number of nitrogens with two attached hydrogens (primary N) is 1. The molecule has 1 nitrogen and oxygen atoms in total. The number of rotatable bonds is 3. The Morgan fingerprint density at radius 1 is 1.00 bits per heavy atom. The van der Waals surface area contributed by atoms with Crippen LogP contribution in [0.1, 0.15) is 29.2 Å². The average molecular weight is 274 g/mol. The molecule has 0 heterocycles. The minimum absolute atomic E-state index is 0.384. The second-order valence-electron chi connectivity index (χ2n) is 5.60. The third-order valence-electron chi connectivity index (χ3n) is 3.36. The van der Waals surface area contributed by atoms with Crippen LogP contribution in [-0.2, 0) is 12.0 Å². The average Bonchev–Trinajstić information content (AvgIpc) is 2.27. The van der Waals surface area contributed by atoms with Gasteiger partial charge >= 0.3 is 0 Å². The topological polar surface area (TPSA) is 26.0 Å². The van der Waals surface area contributed by atoms with Crippen LogP contribution in [-0.4, -0.2) is 0 Å². The van der Waals surface area contributed by atoms with Gasteiger partial charge in [0.15, 0.2) is 0 Å². The molecule has 2 heteroatoms. The lowest BCUT2D eigenvalue weighted by atomic mass is 9.86. The van der Waals surface area contributed by atoms with Crippen molar-refractivity contribution < 1.29 is 0 Å². The summed E-state index contributed by atoms with van der Waals surface area (Å²) in [4.78, 5) is 0. The van der Waals surface area contributed by atoms with E-state index in [0.717, 1.165) is 17.0 Å². The van der Waals surface area contributed by atoms with E-state index in [2.05, 4.69) is 39.0 Å². The van der Waals surface area contributed by atoms with E-state index >= 15 is 0 Å². The van der Waals surface area contributed by atoms with E-state index in [1.165, 1.54) is 16.7 Å². The van der Waals surface area contributed by atoms with Gasteiger partial charge in [0.05, 0.1) is 0 Å². The summed E-state index contributed by atoms with van der Waals surface area (Å²) in [6.45, 7) is 6.30. The van der Waals surface area contributed by atoms with E-state index in [0.29, 0.717) is 0 Å². The van der Waals surface area contributed by atoms with Crippen molar-refractivity contribution in [3.63, 3.8) is 0 Å². The van der Waals surface area contributed by atoms with Crippen LogP contribution in [0.3, 0.4) is 0 Å². The van der Waals surface area contributed by atoms with Gasteiger partial charge in [0, 0.05) is 10.6 Å². The molecule has 2 rings (SSSR count). The summed E-state index contributed by atoms with van der Waals surface area (Å²) in [7, 11) is 0. The summed E-state index contributed by atoms with van der Waals surface area (Å²) in [6.07, 6.45) is 0.817. The second-order valence-corrected chi connectivity index (χ2v) is 6.03. The van der Waals surface area contributed by atoms with E-state index < -0.39 is 0 Å². The highest BCUT2D eigenvalue weighted by atomic mass is 35.5. The molecule has 0 bridgehead atoms. The molecule has 0 saturated carbocycles. The lowest BCUT2D eigenvalue weighted by Gasteiger charge is -2.26. The molecule has 0 aliphatic heterocycles. The van der Waals surface area contributed by atoms with Gasteiger partial charge in [0.2, 0.25) is 0 Å². The van der Waals surface area contributed by atoms with E-state index in [-0.39, 0.29) is 5.54 Å². The molecule has 1 atom stereocenters. The van der Waals surface area contributed by atoms with Crippen LogP contribution in [0.25, 0.3) is 0 Å². The lowest BCUT2D eigenvalue weighted by molar-refractivity contribution is 0.491. The molecule has 19 heavy (non-hydrogen) atoms. The molecule has 1 unspecified atom stereocenters. The number of aryl methyl sites for hydroxylation is 2. The molecule has 100 valence electrons. The minimum atomic E-state index is -0.384. The molecule has 0 aliphatic carbocycles. The predicted octanol–water partition coefficient (Wildman–Crippen LogP) is 4.37. The smallest absolute Gasteiger partial charge is 0.0421 e. The molecule has 0 spiro atoms. The maximum absolute atomic E-state index is 6.48. The Kier molecular flexibility index (Phi) is 3.98. The van der Waals surface area contributed by atoms with Crippen LogP contribution >= 0.6 is 11.6 Å². The Bertz CT molecular complexity index is 550. The normalized spacial score (nSPS) is 14.2. The summed E-state index contributed by atoms with van der Waals surface area (Å²) >= 11 is 5.92. The standard InChI is InChI=1S/C17H20ClN/c1-12-8-13(2)10-14(9-12)11-17(3,19)15-4-6-16(18)7-5-15/h4-10H,11,19H2,1-3H3. The largest absolute Gasteiger partial charge is 0.321 e. The van der Waals surface area contributed by atoms with E-state index in [4.69, 9.17) is 17.3 Å². The summed E-state index contributed by atoms with van der Waals surface area (Å²) in [5.41, 5.74) is 11.0. The Morgan fingerprint density at radius 3 is 2.05 bits per heavy atom. The van der Waals surface area contributed by atoms with Gasteiger partial charge in [-0.3, -0.25) is 0 Å². The molecule has 0 aromatic heterocycles. The maximum Gasteiger partial charge on any atom is 0.0421 e. The van der Waals surface area contributed by atoms with E-state index in [1.807, 2.05) is 24.3 Å². The number of benzene rings is 2. The monoisotopic (exact) mass is 273 g/mol. The quantitative estimate of drug-likeness (QED) is 0.883. The molecular formula is C17H20ClN. The zero-order chi connectivity index (χ0) is 14.0. The fourth-order valence-corrected chi connectivity index (χ4v) is 2.65. The molecule has 0 fully saturated rings. The van der Waals surface area contributed by atoms with Crippen molar-refractivity contribution in [2.75, 3.05) is 0 Å². The fourth-order valence-electron chi connectivity index (χ4n) is 2.53. The lowest BCUT2D eigenvalue weighted by Crippen LogP contribution is -2.35. The van der Waals surface area contributed by atoms with Gasteiger partial charge in [0.1, 0.15) is 0 Å². The van der Waals surface area contributed by atoms with Gasteiger partial charge in [-0.2, -0.15) is 0 Å². The molecule has 2 aromatic carbocycles. The van der Waals surface area contributed by atoms with Crippen LogP contribution in [0.4, 0.5) is 0 Å². The molecule has 2 aromatic rings. The van der Waals surface area contributed by atoms with Crippen LogP contribution in [0.5, 0.6) is 0 Å². The highest BCUT2D eigenvalue weighted by molar-refractivity contribution is 6.30. The third-order valence-corrected chi connectivity index (χ3v) is 3.61. The van der Waals surface area contributed by atoms with Gasteiger partial charge in [0.25, 0.3) is 0 Å². The first-order valence-corrected chi connectivity index (χ1v) is 6.87. The number of halogens is 1. The van der Waals surface area contributed by atoms with Crippen molar-refractivity contribution in [3.8, 4) is 0 Å². The molecule has 0 amide bonds. The van der Waals surface area contributed by atoms with E-state index in [9.17, 15) is 0 Å². The van der Waals surface area contributed by atoms with Crippen LogP contribution in [0.2, 0.25) is 5.02 Å². The Hall–Kier alpha value is -1.31. The summed E-state index contributed by atoms with van der Waals surface area (Å²) in [5.74, 6) is 0. The van der Waals surface area contributed by atoms with Gasteiger partial charge < -0.3 is 5.73 Å². The Balaban J connectivity index is 2.27. The number of hydrogen-bond acceptors (Lipinski definition) is 1. The zero-order valence-electron chi connectivity index (χ0n) is 11.7. The van der Waals surface area contributed by atoms with E-state index in [1.54, 1.807) is 0 Å². The molecule has 0 saturated heterocycles. The van der Waals surface area contributed by atoms with Crippen molar-refractivity contribution in [3.05, 3.63) is 69.7 Å². The maximum atomic E-state index is 6.48. The summed E-state index contributed by atoms with van der Waals surface area (Å²) < 4.78 is 0. The first-order chi connectivity index (χ1) is 8.87. The Labute approximate surface area is 120 Å². The van der Waals surface area contributed by atoms with Crippen LogP contribution < -0.4 is 5.73 Å². The fraction of sp³-hybridized carbons (Fsp3) is 0.294. The summed E-state index contributed by atoms with van der Waals surface area (Å²) in [5, 5.41) is 0.742. The van der Waals surface area contributed by atoms with Gasteiger partial charge in [-0.25, -0.2) is 0 Å². The molecular weight excluding hydrogens is 254 g/mol. The Morgan fingerprint density at radius 2 is 1.53 bits per heavy atom. The van der Waals surface area contributed by atoms with Gasteiger partial charge in [-0.1, -0.05) is 53.1 Å². The van der Waals surface area contributed by atoms with Gasteiger partial charge in [-0.05, 0) is 50.5 Å². The van der Waals surface area contributed by atoms with Crippen molar-refractivity contribution in [1.29, 1.82) is 0 Å². The number of hydrogen-bond donors (Lipinski definition) is 1. The minimum Gasteiger partial charge on any atom is -0.321 e. The molecule has 2 N–H and O–H groups in total. The van der Waals surface area contributed by atoms with Crippen molar-refractivity contribution in [2.24, 2.45) is 5.73 Å². The highest BCUT2D eigenvalue weighted by Gasteiger charge is 2.21. The first kappa shape index (κ1) is 14.1. The summed E-state index contributed by atoms with van der Waals surface area (Å²) in [6, 6.07) is 14.4. The first-order valence-electron chi connectivity index (χ1n) is 6.49. The van der Waals surface area contributed by atoms with Crippen LogP contribution in [0, 0.1) is 13.8 Å². The van der Waals surface area contributed by atoms with Crippen LogP contribution in [0.15, 0.2) is 42.5 Å². The van der Waals surface area contributed by atoms with Crippen molar-refractivity contribution >= 4 is 11.6 Å². The highest BCUT2D eigenvalue weighted by Crippen LogP contribution is 2.25. The predicted molar refractivity (Wildman–Crippen MR) is 82.6 cm³/mol.